The Labute approximate surface area is 105 Å². The summed E-state index contributed by atoms with van der Waals surface area (Å²) in [6.45, 7) is 7.13. The Morgan fingerprint density at radius 3 is 2.50 bits per heavy atom. The number of hydrogen-bond acceptors (Lipinski definition) is 4. The number of rotatable bonds is 5. The maximum atomic E-state index is 12.0. The van der Waals surface area contributed by atoms with Crippen LogP contribution in [0.2, 0.25) is 0 Å². The summed E-state index contributed by atoms with van der Waals surface area (Å²) < 4.78 is 5.11. The van der Waals surface area contributed by atoms with Gasteiger partial charge in [0.15, 0.2) is 5.76 Å². The molecule has 0 fully saturated rings. The van der Waals surface area contributed by atoms with E-state index in [0.29, 0.717) is 17.0 Å². The lowest BCUT2D eigenvalue weighted by Crippen LogP contribution is -2.34. The highest BCUT2D eigenvalue weighted by Crippen LogP contribution is 2.22. The molecule has 6 nitrogen and oxygen atoms in total. The van der Waals surface area contributed by atoms with Crippen molar-refractivity contribution in [2.75, 3.05) is 0 Å². The summed E-state index contributed by atoms with van der Waals surface area (Å²) in [6.07, 6.45) is -0.118. The number of hydrogen-bond donors (Lipinski definition) is 2. The fraction of sp³-hybridized carbons (Fsp3) is 0.583. The molecule has 0 aliphatic carbocycles. The van der Waals surface area contributed by atoms with Crippen molar-refractivity contribution >= 4 is 11.9 Å². The zero-order chi connectivity index (χ0) is 13.9. The summed E-state index contributed by atoms with van der Waals surface area (Å²) in [7, 11) is 0. The number of nitrogens with zero attached hydrogens (tertiary/aromatic N) is 1. The summed E-state index contributed by atoms with van der Waals surface area (Å²) in [5, 5.41) is 15.0. The highest BCUT2D eigenvalue weighted by molar-refractivity contribution is 5.96. The van der Waals surface area contributed by atoms with Crippen molar-refractivity contribution in [2.24, 2.45) is 0 Å². The minimum absolute atomic E-state index is 0.0433. The molecule has 1 unspecified atom stereocenters. The molecule has 0 saturated carbocycles. The maximum Gasteiger partial charge on any atom is 0.305 e. The second-order valence-corrected chi connectivity index (χ2v) is 4.63. The summed E-state index contributed by atoms with van der Waals surface area (Å²) in [4.78, 5) is 22.6. The molecule has 0 aromatic carbocycles. The molecule has 2 N–H and O–H groups in total. The Morgan fingerprint density at radius 1 is 1.39 bits per heavy atom. The Hall–Kier alpha value is -1.85. The van der Waals surface area contributed by atoms with E-state index >= 15 is 0 Å². The topological polar surface area (TPSA) is 92.4 Å². The quantitative estimate of drug-likeness (QED) is 0.834. The number of nitrogens with one attached hydrogen (secondary N) is 1. The van der Waals surface area contributed by atoms with Crippen LogP contribution in [0, 0.1) is 6.92 Å². The molecule has 100 valence electrons. The number of aromatic nitrogens is 1. The van der Waals surface area contributed by atoms with E-state index in [1.807, 2.05) is 13.8 Å². The van der Waals surface area contributed by atoms with Crippen LogP contribution in [-0.4, -0.2) is 28.2 Å². The van der Waals surface area contributed by atoms with E-state index in [1.54, 1.807) is 13.8 Å². The molecule has 0 spiro atoms. The van der Waals surface area contributed by atoms with Gasteiger partial charge in [-0.2, -0.15) is 0 Å². The van der Waals surface area contributed by atoms with Gasteiger partial charge in [0.25, 0.3) is 5.91 Å². The second-order valence-electron chi connectivity index (χ2n) is 4.63. The smallest absolute Gasteiger partial charge is 0.305 e. The fourth-order valence-corrected chi connectivity index (χ4v) is 1.67. The van der Waals surface area contributed by atoms with Crippen LogP contribution < -0.4 is 5.32 Å². The van der Waals surface area contributed by atoms with Crippen LogP contribution in [0.5, 0.6) is 0 Å². The van der Waals surface area contributed by atoms with Gasteiger partial charge in [-0.1, -0.05) is 19.0 Å². The highest BCUT2D eigenvalue weighted by Gasteiger charge is 2.23. The molecule has 0 saturated heterocycles. The van der Waals surface area contributed by atoms with Crippen molar-refractivity contribution < 1.29 is 19.2 Å². The van der Waals surface area contributed by atoms with Gasteiger partial charge in [0.05, 0.1) is 12.1 Å². The minimum Gasteiger partial charge on any atom is -0.481 e. The molecule has 0 radical (unpaired) electrons. The maximum absolute atomic E-state index is 12.0. The van der Waals surface area contributed by atoms with Crippen molar-refractivity contribution in [1.29, 1.82) is 0 Å². The van der Waals surface area contributed by atoms with Crippen LogP contribution in [0.4, 0.5) is 0 Å². The number of carbonyl (C=O) groups is 2. The number of amides is 1. The molecule has 0 bridgehead atoms. The Bertz CT molecular complexity index is 451. The van der Waals surface area contributed by atoms with Crippen molar-refractivity contribution in [1.82, 2.24) is 10.5 Å². The molecule has 0 aliphatic rings. The predicted octanol–water partition coefficient (Wildman–Crippen LogP) is 1.70. The van der Waals surface area contributed by atoms with Gasteiger partial charge >= 0.3 is 5.97 Å². The molecule has 1 aromatic heterocycles. The van der Waals surface area contributed by atoms with Crippen LogP contribution in [-0.2, 0) is 4.79 Å². The number of carboxylic acids is 1. The van der Waals surface area contributed by atoms with Gasteiger partial charge in [0.2, 0.25) is 0 Å². The standard InChI is InChI=1S/C12H18N2O4/c1-6(2)11-10(8(4)14-18-11)12(17)13-7(3)5-9(15)16/h6-7H,5H2,1-4H3,(H,13,17)(H,15,16). The highest BCUT2D eigenvalue weighted by atomic mass is 16.5. The Kier molecular flexibility index (Phi) is 4.47. The second kappa shape index (κ2) is 5.66. The number of carboxylic acid groups (broad SMARTS) is 1. The number of aliphatic carboxylic acids is 1. The molecule has 6 heteroatoms. The first-order chi connectivity index (χ1) is 8.32. The normalized spacial score (nSPS) is 12.5. The third-order valence-electron chi connectivity index (χ3n) is 2.50. The lowest BCUT2D eigenvalue weighted by Gasteiger charge is -2.12. The average molecular weight is 254 g/mol. The predicted molar refractivity (Wildman–Crippen MR) is 64.5 cm³/mol. The van der Waals surface area contributed by atoms with Crippen molar-refractivity contribution in [3.05, 3.63) is 17.0 Å². The molecule has 1 heterocycles. The van der Waals surface area contributed by atoms with E-state index in [1.165, 1.54) is 0 Å². The lowest BCUT2D eigenvalue weighted by molar-refractivity contribution is -0.137. The van der Waals surface area contributed by atoms with Crippen molar-refractivity contribution in [3.8, 4) is 0 Å². The van der Waals surface area contributed by atoms with Crippen molar-refractivity contribution in [3.63, 3.8) is 0 Å². The number of carbonyl (C=O) groups excluding carboxylic acids is 1. The van der Waals surface area contributed by atoms with Crippen LogP contribution in [0.1, 0.15) is 54.9 Å². The SMILES string of the molecule is Cc1noc(C(C)C)c1C(=O)NC(C)CC(=O)O. The zero-order valence-corrected chi connectivity index (χ0v) is 11.0. The van der Waals surface area contributed by atoms with Gasteiger partial charge < -0.3 is 14.9 Å². The van der Waals surface area contributed by atoms with Gasteiger partial charge in [0.1, 0.15) is 5.56 Å². The van der Waals surface area contributed by atoms with E-state index < -0.39 is 12.0 Å². The molecule has 1 atom stereocenters. The molecule has 0 aliphatic heterocycles. The van der Waals surface area contributed by atoms with Crippen LogP contribution in [0.15, 0.2) is 4.52 Å². The van der Waals surface area contributed by atoms with Gasteiger partial charge in [0, 0.05) is 12.0 Å². The average Bonchev–Trinajstić information content (AvgIpc) is 2.58. The molecule has 1 aromatic rings. The summed E-state index contributed by atoms with van der Waals surface area (Å²) in [5.74, 6) is -0.727. The third kappa shape index (κ3) is 3.32. The Morgan fingerprint density at radius 2 is 2.00 bits per heavy atom. The minimum atomic E-state index is -0.950. The van der Waals surface area contributed by atoms with Crippen molar-refractivity contribution in [2.45, 2.75) is 46.1 Å². The van der Waals surface area contributed by atoms with Gasteiger partial charge in [-0.05, 0) is 13.8 Å². The molecule has 1 rings (SSSR count). The number of aryl methyl sites for hydroxylation is 1. The molecular weight excluding hydrogens is 236 g/mol. The third-order valence-corrected chi connectivity index (χ3v) is 2.50. The van der Waals surface area contributed by atoms with E-state index in [0.717, 1.165) is 0 Å². The fourth-order valence-electron chi connectivity index (χ4n) is 1.67. The van der Waals surface area contributed by atoms with Crippen LogP contribution in [0.25, 0.3) is 0 Å². The van der Waals surface area contributed by atoms with Gasteiger partial charge in [-0.15, -0.1) is 0 Å². The lowest BCUT2D eigenvalue weighted by atomic mass is 10.0. The zero-order valence-electron chi connectivity index (χ0n) is 11.0. The summed E-state index contributed by atoms with van der Waals surface area (Å²) >= 11 is 0. The first kappa shape index (κ1) is 14.2. The first-order valence-electron chi connectivity index (χ1n) is 5.81. The van der Waals surface area contributed by atoms with Gasteiger partial charge in [-0.3, -0.25) is 9.59 Å². The molecular formula is C12H18N2O4. The monoisotopic (exact) mass is 254 g/mol. The van der Waals surface area contributed by atoms with Gasteiger partial charge in [-0.25, -0.2) is 0 Å². The largest absolute Gasteiger partial charge is 0.481 e. The molecule has 18 heavy (non-hydrogen) atoms. The van der Waals surface area contributed by atoms with E-state index in [9.17, 15) is 9.59 Å². The van der Waals surface area contributed by atoms with E-state index in [2.05, 4.69) is 10.5 Å². The molecule has 1 amide bonds. The summed E-state index contributed by atoms with van der Waals surface area (Å²) in [6, 6.07) is -0.440. The Balaban J connectivity index is 2.84. The van der Waals surface area contributed by atoms with Crippen LogP contribution >= 0.6 is 0 Å². The van der Waals surface area contributed by atoms with Crippen LogP contribution in [0.3, 0.4) is 0 Å². The first-order valence-corrected chi connectivity index (χ1v) is 5.81. The van der Waals surface area contributed by atoms with E-state index in [-0.39, 0.29) is 18.2 Å². The summed E-state index contributed by atoms with van der Waals surface area (Å²) in [5.41, 5.74) is 0.918. The van der Waals surface area contributed by atoms with E-state index in [4.69, 9.17) is 9.63 Å².